The summed E-state index contributed by atoms with van der Waals surface area (Å²) >= 11 is 0. The van der Waals surface area contributed by atoms with Crippen LogP contribution >= 0.6 is 0 Å². The molecule has 0 spiro atoms. The highest BCUT2D eigenvalue weighted by Crippen LogP contribution is 2.38. The Kier molecular flexibility index (Phi) is 4.75. The molecule has 0 aliphatic carbocycles. The van der Waals surface area contributed by atoms with Crippen LogP contribution in [-0.4, -0.2) is 48.6 Å². The predicted octanol–water partition coefficient (Wildman–Crippen LogP) is 1.76. The molecular weight excluding hydrogens is 316 g/mol. The maximum atomic E-state index is 12.4. The minimum Gasteiger partial charge on any atom is -0.374 e. The molecular formula is C20H26N2O3. The second kappa shape index (κ2) is 7.16. The first kappa shape index (κ1) is 16.6. The number of ether oxygens (including phenoxy) is 1. The van der Waals surface area contributed by atoms with E-state index in [4.69, 9.17) is 4.74 Å². The van der Waals surface area contributed by atoms with E-state index in [2.05, 4.69) is 17.4 Å². The molecule has 0 aromatic heterocycles. The largest absolute Gasteiger partial charge is 0.374 e. The van der Waals surface area contributed by atoms with Crippen LogP contribution in [0.15, 0.2) is 30.3 Å². The molecule has 4 atom stereocenters. The van der Waals surface area contributed by atoms with Crippen LogP contribution in [0.3, 0.4) is 0 Å². The van der Waals surface area contributed by atoms with Crippen LogP contribution < -0.4 is 5.32 Å². The summed E-state index contributed by atoms with van der Waals surface area (Å²) in [5, 5.41) is 3.07. The third-order valence-corrected chi connectivity index (χ3v) is 5.82. The van der Waals surface area contributed by atoms with E-state index in [0.717, 1.165) is 38.8 Å². The second-order valence-electron chi connectivity index (χ2n) is 7.61. The molecule has 25 heavy (non-hydrogen) atoms. The lowest BCUT2D eigenvalue weighted by molar-refractivity contribution is -0.128. The molecule has 3 aliphatic heterocycles. The van der Waals surface area contributed by atoms with Crippen molar-refractivity contribution >= 4 is 11.8 Å². The number of hydrogen-bond acceptors (Lipinski definition) is 3. The Morgan fingerprint density at radius 2 is 2.08 bits per heavy atom. The van der Waals surface area contributed by atoms with E-state index in [9.17, 15) is 9.59 Å². The minimum atomic E-state index is 0.0186. The summed E-state index contributed by atoms with van der Waals surface area (Å²) in [6, 6.07) is 10.2. The van der Waals surface area contributed by atoms with Gasteiger partial charge in [0.1, 0.15) is 0 Å². The number of likely N-dealkylation sites (tertiary alicyclic amines) is 1. The van der Waals surface area contributed by atoms with Gasteiger partial charge in [0, 0.05) is 32.0 Å². The van der Waals surface area contributed by atoms with Gasteiger partial charge in [-0.25, -0.2) is 0 Å². The zero-order valence-corrected chi connectivity index (χ0v) is 14.5. The van der Waals surface area contributed by atoms with E-state index < -0.39 is 0 Å². The predicted molar refractivity (Wildman–Crippen MR) is 93.8 cm³/mol. The van der Waals surface area contributed by atoms with Gasteiger partial charge in [0.05, 0.1) is 18.1 Å². The molecule has 0 saturated carbocycles. The molecule has 1 aromatic carbocycles. The molecule has 1 aromatic rings. The average molecular weight is 342 g/mol. The number of amides is 2. The van der Waals surface area contributed by atoms with Gasteiger partial charge in [0.25, 0.3) is 0 Å². The van der Waals surface area contributed by atoms with Gasteiger partial charge in [-0.1, -0.05) is 30.3 Å². The molecule has 2 bridgehead atoms. The summed E-state index contributed by atoms with van der Waals surface area (Å²) in [5.74, 6) is 0.567. The van der Waals surface area contributed by atoms with Crippen molar-refractivity contribution in [3.63, 3.8) is 0 Å². The highest BCUT2D eigenvalue weighted by molar-refractivity contribution is 5.81. The van der Waals surface area contributed by atoms with E-state index in [1.807, 2.05) is 23.1 Å². The Morgan fingerprint density at radius 1 is 1.24 bits per heavy atom. The topological polar surface area (TPSA) is 58.6 Å². The summed E-state index contributed by atoms with van der Waals surface area (Å²) in [7, 11) is 0. The monoisotopic (exact) mass is 342 g/mol. The Balaban J connectivity index is 1.21. The van der Waals surface area contributed by atoms with Gasteiger partial charge in [-0.05, 0) is 31.2 Å². The first-order valence-corrected chi connectivity index (χ1v) is 9.44. The first-order chi connectivity index (χ1) is 12.2. The molecule has 4 rings (SSSR count). The molecule has 1 N–H and O–H groups in total. The van der Waals surface area contributed by atoms with E-state index in [1.54, 1.807) is 0 Å². The molecule has 3 heterocycles. The van der Waals surface area contributed by atoms with E-state index >= 15 is 0 Å². The maximum Gasteiger partial charge on any atom is 0.225 e. The normalized spacial score (nSPS) is 30.9. The highest BCUT2D eigenvalue weighted by Gasteiger charge is 2.44. The number of hydrogen-bond donors (Lipinski definition) is 1. The maximum absolute atomic E-state index is 12.4. The van der Waals surface area contributed by atoms with Crippen LogP contribution in [-0.2, 0) is 20.7 Å². The fourth-order valence-corrected chi connectivity index (χ4v) is 4.41. The number of benzene rings is 1. The van der Waals surface area contributed by atoms with Gasteiger partial charge >= 0.3 is 0 Å². The van der Waals surface area contributed by atoms with Gasteiger partial charge in [0.2, 0.25) is 11.8 Å². The van der Waals surface area contributed by atoms with Crippen LogP contribution in [0.4, 0.5) is 0 Å². The lowest BCUT2D eigenvalue weighted by Crippen LogP contribution is -2.39. The summed E-state index contributed by atoms with van der Waals surface area (Å²) in [6.45, 7) is 2.10. The van der Waals surface area contributed by atoms with Gasteiger partial charge in [-0.2, -0.15) is 0 Å². The van der Waals surface area contributed by atoms with Crippen LogP contribution in [0, 0.1) is 11.8 Å². The smallest absolute Gasteiger partial charge is 0.225 e. The SMILES string of the molecule is O=C(NC[C@H]1CC(=O)N(CCc2ccccc2)C1)[C@@H]1C[C@H]2CC[C@H]1O2. The molecule has 0 radical (unpaired) electrons. The van der Waals surface area contributed by atoms with Crippen LogP contribution in [0.5, 0.6) is 0 Å². The van der Waals surface area contributed by atoms with Crippen LogP contribution in [0.1, 0.15) is 31.2 Å². The van der Waals surface area contributed by atoms with Crippen molar-refractivity contribution in [2.45, 2.75) is 44.3 Å². The Hall–Kier alpha value is -1.88. The Morgan fingerprint density at radius 3 is 2.80 bits per heavy atom. The van der Waals surface area contributed by atoms with Gasteiger partial charge < -0.3 is 15.0 Å². The van der Waals surface area contributed by atoms with Crippen molar-refractivity contribution in [2.24, 2.45) is 11.8 Å². The van der Waals surface area contributed by atoms with Crippen molar-refractivity contribution in [2.75, 3.05) is 19.6 Å². The zero-order valence-electron chi connectivity index (χ0n) is 14.5. The minimum absolute atomic E-state index is 0.0186. The number of carbonyl (C=O) groups excluding carboxylic acids is 2. The molecule has 0 unspecified atom stereocenters. The van der Waals surface area contributed by atoms with Gasteiger partial charge in [0.15, 0.2) is 0 Å². The summed E-state index contributed by atoms with van der Waals surface area (Å²) in [5.41, 5.74) is 1.25. The molecule has 3 fully saturated rings. The molecule has 5 heteroatoms. The third kappa shape index (κ3) is 3.71. The van der Waals surface area contributed by atoms with Crippen LogP contribution in [0.25, 0.3) is 0 Å². The molecule has 2 amide bonds. The van der Waals surface area contributed by atoms with E-state index in [-0.39, 0.29) is 29.8 Å². The second-order valence-corrected chi connectivity index (χ2v) is 7.61. The van der Waals surface area contributed by atoms with Crippen molar-refractivity contribution in [3.05, 3.63) is 35.9 Å². The van der Waals surface area contributed by atoms with Crippen molar-refractivity contribution < 1.29 is 14.3 Å². The summed E-state index contributed by atoms with van der Waals surface area (Å²) < 4.78 is 5.76. The first-order valence-electron chi connectivity index (χ1n) is 9.44. The highest BCUT2D eigenvalue weighted by atomic mass is 16.5. The van der Waals surface area contributed by atoms with Crippen LogP contribution in [0.2, 0.25) is 0 Å². The number of rotatable bonds is 6. The number of nitrogens with zero attached hydrogens (tertiary/aromatic N) is 1. The Bertz CT molecular complexity index is 633. The number of fused-ring (bicyclic) bond motifs is 2. The van der Waals surface area contributed by atoms with E-state index in [0.29, 0.717) is 19.1 Å². The lowest BCUT2D eigenvalue weighted by atomic mass is 9.88. The standard InChI is InChI=1S/C20H26N2O3/c23-19-10-15(13-22(19)9-8-14-4-2-1-3-5-14)12-21-20(24)17-11-16-6-7-18(17)25-16/h1-5,15-18H,6-13H2,(H,21,24)/t15-,16-,17-,18-/m1/s1. The molecule has 3 aliphatic rings. The molecule has 134 valence electrons. The van der Waals surface area contributed by atoms with Crippen molar-refractivity contribution in [3.8, 4) is 0 Å². The molecule has 5 nitrogen and oxygen atoms in total. The van der Waals surface area contributed by atoms with Crippen molar-refractivity contribution in [1.82, 2.24) is 10.2 Å². The molecule has 3 saturated heterocycles. The fourth-order valence-electron chi connectivity index (χ4n) is 4.41. The number of carbonyl (C=O) groups is 2. The third-order valence-electron chi connectivity index (χ3n) is 5.82. The van der Waals surface area contributed by atoms with Gasteiger partial charge in [-0.15, -0.1) is 0 Å². The van der Waals surface area contributed by atoms with Gasteiger partial charge in [-0.3, -0.25) is 9.59 Å². The van der Waals surface area contributed by atoms with Crippen molar-refractivity contribution in [1.29, 1.82) is 0 Å². The fraction of sp³-hybridized carbons (Fsp3) is 0.600. The summed E-state index contributed by atoms with van der Waals surface area (Å²) in [6.07, 6.45) is 4.82. The average Bonchev–Trinajstić information content (AvgIpc) is 3.34. The zero-order chi connectivity index (χ0) is 17.2. The quantitative estimate of drug-likeness (QED) is 0.857. The Labute approximate surface area is 148 Å². The summed E-state index contributed by atoms with van der Waals surface area (Å²) in [4.78, 5) is 26.5. The van der Waals surface area contributed by atoms with E-state index in [1.165, 1.54) is 5.56 Å². The lowest BCUT2D eigenvalue weighted by Gasteiger charge is -2.20. The number of nitrogens with one attached hydrogen (secondary N) is 1.